The molecule has 0 aliphatic carbocycles. The van der Waals surface area contributed by atoms with Gasteiger partial charge in [-0.2, -0.15) is 0 Å². The van der Waals surface area contributed by atoms with Crippen LogP contribution in [0.15, 0.2) is 24.3 Å². The molecular formula is C13H18. The maximum Gasteiger partial charge on any atom is -0.0219 e. The number of benzene rings is 1. The summed E-state index contributed by atoms with van der Waals surface area (Å²) in [7, 11) is 0. The molecule has 0 aliphatic rings. The van der Waals surface area contributed by atoms with Crippen LogP contribution in [0.3, 0.4) is 0 Å². The maximum atomic E-state index is 2.26. The molecule has 0 saturated carbocycles. The van der Waals surface area contributed by atoms with Gasteiger partial charge in [-0.25, -0.2) is 0 Å². The summed E-state index contributed by atoms with van der Waals surface area (Å²) in [6.07, 6.45) is 4.23. The van der Waals surface area contributed by atoms with Crippen molar-refractivity contribution >= 4 is 6.08 Å². The normalized spacial score (nSPS) is 11.5. The summed E-state index contributed by atoms with van der Waals surface area (Å²) < 4.78 is 0. The van der Waals surface area contributed by atoms with Crippen LogP contribution in [0.2, 0.25) is 0 Å². The molecule has 1 aromatic rings. The van der Waals surface area contributed by atoms with Gasteiger partial charge in [-0.1, -0.05) is 49.8 Å². The van der Waals surface area contributed by atoms with Gasteiger partial charge in [0.15, 0.2) is 0 Å². The molecule has 70 valence electrons. The van der Waals surface area contributed by atoms with Gasteiger partial charge >= 0.3 is 0 Å². The molecule has 0 saturated heterocycles. The first-order valence-electron chi connectivity index (χ1n) is 4.87. The highest BCUT2D eigenvalue weighted by Crippen LogP contribution is 2.18. The molecule has 0 N–H and O–H groups in total. The minimum absolute atomic E-state index is 0.615. The molecule has 0 amide bonds. The van der Waals surface area contributed by atoms with Gasteiger partial charge in [-0.15, -0.1) is 0 Å². The zero-order chi connectivity index (χ0) is 9.84. The maximum absolute atomic E-state index is 2.26. The predicted molar refractivity (Wildman–Crippen MR) is 60.0 cm³/mol. The van der Waals surface area contributed by atoms with Crippen molar-refractivity contribution in [3.05, 3.63) is 41.0 Å². The second-order valence-electron chi connectivity index (χ2n) is 3.83. The average molecular weight is 174 g/mol. The standard InChI is InChI=1S/C13H18/c1-5-6-12-7-11(4)8-13(9-12)10(2)3/h5-10H,1-4H3/b6-5+. The van der Waals surface area contributed by atoms with Gasteiger partial charge in [0.05, 0.1) is 0 Å². The van der Waals surface area contributed by atoms with E-state index >= 15 is 0 Å². The third-order valence-electron chi connectivity index (χ3n) is 2.15. The number of aryl methyl sites for hydroxylation is 1. The van der Waals surface area contributed by atoms with E-state index in [1.54, 1.807) is 0 Å². The highest BCUT2D eigenvalue weighted by Gasteiger charge is 2.00. The molecule has 13 heavy (non-hydrogen) atoms. The topological polar surface area (TPSA) is 0 Å². The van der Waals surface area contributed by atoms with E-state index < -0.39 is 0 Å². The fourth-order valence-corrected chi connectivity index (χ4v) is 1.47. The van der Waals surface area contributed by atoms with Crippen LogP contribution in [0.4, 0.5) is 0 Å². The molecule has 0 nitrogen and oxygen atoms in total. The van der Waals surface area contributed by atoms with Gasteiger partial charge in [0.25, 0.3) is 0 Å². The van der Waals surface area contributed by atoms with Crippen molar-refractivity contribution in [2.45, 2.75) is 33.6 Å². The zero-order valence-corrected chi connectivity index (χ0v) is 8.96. The minimum Gasteiger partial charge on any atom is -0.0871 e. The summed E-state index contributed by atoms with van der Waals surface area (Å²) in [6.45, 7) is 8.67. The first kappa shape index (κ1) is 10.0. The molecular weight excluding hydrogens is 156 g/mol. The molecule has 1 aromatic carbocycles. The van der Waals surface area contributed by atoms with Gasteiger partial charge < -0.3 is 0 Å². The number of hydrogen-bond donors (Lipinski definition) is 0. The quantitative estimate of drug-likeness (QED) is 0.631. The first-order chi connectivity index (χ1) is 6.13. The fraction of sp³-hybridized carbons (Fsp3) is 0.385. The lowest BCUT2D eigenvalue weighted by Crippen LogP contribution is -1.89. The van der Waals surface area contributed by atoms with Crippen LogP contribution < -0.4 is 0 Å². The second-order valence-corrected chi connectivity index (χ2v) is 3.83. The van der Waals surface area contributed by atoms with Crippen molar-refractivity contribution in [1.82, 2.24) is 0 Å². The van der Waals surface area contributed by atoms with E-state index in [2.05, 4.69) is 58.0 Å². The van der Waals surface area contributed by atoms with E-state index in [0.717, 1.165) is 0 Å². The van der Waals surface area contributed by atoms with E-state index in [9.17, 15) is 0 Å². The van der Waals surface area contributed by atoms with Gasteiger partial charge in [0, 0.05) is 0 Å². The molecule has 0 radical (unpaired) electrons. The Morgan fingerprint density at radius 2 is 1.85 bits per heavy atom. The summed E-state index contributed by atoms with van der Waals surface area (Å²) >= 11 is 0. The second kappa shape index (κ2) is 4.27. The van der Waals surface area contributed by atoms with E-state index in [1.165, 1.54) is 16.7 Å². The summed E-state index contributed by atoms with van der Waals surface area (Å²) in [4.78, 5) is 0. The largest absolute Gasteiger partial charge is 0.0871 e. The van der Waals surface area contributed by atoms with Crippen molar-refractivity contribution in [2.75, 3.05) is 0 Å². The smallest absolute Gasteiger partial charge is 0.0219 e. The van der Waals surface area contributed by atoms with Crippen LogP contribution in [0.1, 0.15) is 43.4 Å². The lowest BCUT2D eigenvalue weighted by atomic mass is 9.98. The Hall–Kier alpha value is -1.04. The van der Waals surface area contributed by atoms with Gasteiger partial charge in [-0.05, 0) is 30.9 Å². The Morgan fingerprint density at radius 1 is 1.15 bits per heavy atom. The van der Waals surface area contributed by atoms with E-state index in [-0.39, 0.29) is 0 Å². The summed E-state index contributed by atoms with van der Waals surface area (Å²) in [6, 6.07) is 6.74. The molecule has 0 heterocycles. The van der Waals surface area contributed by atoms with Gasteiger partial charge in [0.1, 0.15) is 0 Å². The monoisotopic (exact) mass is 174 g/mol. The molecule has 0 bridgehead atoms. The predicted octanol–water partition coefficient (Wildman–Crippen LogP) is 4.15. The van der Waals surface area contributed by atoms with Crippen LogP contribution in [-0.2, 0) is 0 Å². The molecule has 0 fully saturated rings. The Bertz CT molecular complexity index is 306. The summed E-state index contributed by atoms with van der Waals surface area (Å²) in [5.41, 5.74) is 4.08. The Labute approximate surface area is 81.3 Å². The van der Waals surface area contributed by atoms with Crippen LogP contribution in [0, 0.1) is 6.92 Å². The molecule has 0 spiro atoms. The summed E-state index contributed by atoms with van der Waals surface area (Å²) in [5, 5.41) is 0. The van der Waals surface area contributed by atoms with Crippen LogP contribution >= 0.6 is 0 Å². The third kappa shape index (κ3) is 2.73. The average Bonchev–Trinajstić information content (AvgIpc) is 2.03. The Kier molecular flexibility index (Phi) is 3.30. The van der Waals surface area contributed by atoms with E-state index in [1.807, 2.05) is 0 Å². The number of rotatable bonds is 2. The van der Waals surface area contributed by atoms with Crippen molar-refractivity contribution < 1.29 is 0 Å². The number of allylic oxidation sites excluding steroid dienone is 1. The summed E-state index contributed by atoms with van der Waals surface area (Å²) in [5.74, 6) is 0.615. The Balaban J connectivity index is 3.11. The lowest BCUT2D eigenvalue weighted by molar-refractivity contribution is 0.864. The molecule has 1 rings (SSSR count). The lowest BCUT2D eigenvalue weighted by Gasteiger charge is -2.07. The fourth-order valence-electron chi connectivity index (χ4n) is 1.47. The number of hydrogen-bond acceptors (Lipinski definition) is 0. The molecule has 0 unspecified atom stereocenters. The van der Waals surface area contributed by atoms with Gasteiger partial charge in [0.2, 0.25) is 0 Å². The third-order valence-corrected chi connectivity index (χ3v) is 2.15. The SMILES string of the molecule is C/C=C/c1cc(C)cc(C(C)C)c1. The van der Waals surface area contributed by atoms with E-state index in [0.29, 0.717) is 5.92 Å². The molecule has 0 atom stereocenters. The van der Waals surface area contributed by atoms with Crippen LogP contribution in [0.25, 0.3) is 6.08 Å². The van der Waals surface area contributed by atoms with E-state index in [4.69, 9.17) is 0 Å². The van der Waals surface area contributed by atoms with Gasteiger partial charge in [-0.3, -0.25) is 0 Å². The van der Waals surface area contributed by atoms with Crippen molar-refractivity contribution in [3.8, 4) is 0 Å². The van der Waals surface area contributed by atoms with Crippen molar-refractivity contribution in [3.63, 3.8) is 0 Å². The zero-order valence-electron chi connectivity index (χ0n) is 8.96. The highest BCUT2D eigenvalue weighted by atomic mass is 14.1. The Morgan fingerprint density at radius 3 is 2.38 bits per heavy atom. The van der Waals surface area contributed by atoms with Crippen LogP contribution in [0.5, 0.6) is 0 Å². The first-order valence-corrected chi connectivity index (χ1v) is 4.87. The minimum atomic E-state index is 0.615. The van der Waals surface area contributed by atoms with Crippen molar-refractivity contribution in [2.24, 2.45) is 0 Å². The molecule has 0 aromatic heterocycles. The highest BCUT2D eigenvalue weighted by molar-refractivity contribution is 5.52. The van der Waals surface area contributed by atoms with Crippen molar-refractivity contribution in [1.29, 1.82) is 0 Å². The van der Waals surface area contributed by atoms with Crippen LogP contribution in [-0.4, -0.2) is 0 Å². The molecule has 0 aliphatic heterocycles. The molecule has 0 heteroatoms.